The van der Waals surface area contributed by atoms with Gasteiger partial charge >= 0.3 is 6.09 Å². The van der Waals surface area contributed by atoms with Crippen LogP contribution in [0.4, 0.5) is 16.2 Å². The van der Waals surface area contributed by atoms with Gasteiger partial charge in [-0.3, -0.25) is 24.3 Å². The molecule has 2 aromatic heterocycles. The summed E-state index contributed by atoms with van der Waals surface area (Å²) < 4.78 is 1.75. The SMILES string of the molecule is CC(=O)N1c2ccc(-c3cnn(Cc4cnccn4)c3)cc2N(C(=O)O)C[C@@H]1C. The maximum absolute atomic E-state index is 12.1. The van der Waals surface area contributed by atoms with Crippen LogP contribution in [0.15, 0.2) is 49.2 Å². The van der Waals surface area contributed by atoms with Crippen LogP contribution >= 0.6 is 0 Å². The molecule has 0 saturated carbocycles. The topological polar surface area (TPSA) is 104 Å². The van der Waals surface area contributed by atoms with Gasteiger partial charge in [0.1, 0.15) is 0 Å². The molecule has 3 heterocycles. The van der Waals surface area contributed by atoms with Gasteiger partial charge in [0.2, 0.25) is 5.91 Å². The first kappa shape index (κ1) is 18.6. The lowest BCUT2D eigenvalue weighted by Crippen LogP contribution is -2.51. The standard InChI is InChI=1S/C20H20N6O3/c1-13-10-25(20(28)29)19-7-15(3-4-18(19)26(13)14(2)27)16-8-23-24(11-16)12-17-9-21-5-6-22-17/h3-9,11,13H,10,12H2,1-2H3,(H,28,29)/t13-/m0/s1. The zero-order chi connectivity index (χ0) is 20.5. The van der Waals surface area contributed by atoms with E-state index in [0.717, 1.165) is 16.8 Å². The Hall–Kier alpha value is -3.75. The van der Waals surface area contributed by atoms with Gasteiger partial charge < -0.3 is 10.0 Å². The summed E-state index contributed by atoms with van der Waals surface area (Å²) in [5.41, 5.74) is 3.53. The molecule has 1 aliphatic heterocycles. The van der Waals surface area contributed by atoms with Crippen molar-refractivity contribution >= 4 is 23.4 Å². The Morgan fingerprint density at radius 1 is 1.17 bits per heavy atom. The number of carbonyl (C=O) groups is 2. The van der Waals surface area contributed by atoms with Gasteiger partial charge in [-0.05, 0) is 24.6 Å². The molecule has 1 atom stereocenters. The van der Waals surface area contributed by atoms with Crippen LogP contribution in [-0.2, 0) is 11.3 Å². The molecular weight excluding hydrogens is 372 g/mol. The van der Waals surface area contributed by atoms with E-state index in [1.54, 1.807) is 46.5 Å². The second-order valence-corrected chi connectivity index (χ2v) is 6.96. The summed E-state index contributed by atoms with van der Waals surface area (Å²) in [5, 5.41) is 14.0. The molecule has 1 aliphatic rings. The summed E-state index contributed by atoms with van der Waals surface area (Å²) >= 11 is 0. The smallest absolute Gasteiger partial charge is 0.411 e. The number of hydrogen-bond donors (Lipinski definition) is 1. The quantitative estimate of drug-likeness (QED) is 0.735. The van der Waals surface area contributed by atoms with Crippen molar-refractivity contribution in [3.63, 3.8) is 0 Å². The van der Waals surface area contributed by atoms with Crippen molar-refractivity contribution in [3.8, 4) is 11.1 Å². The summed E-state index contributed by atoms with van der Waals surface area (Å²) in [7, 11) is 0. The lowest BCUT2D eigenvalue weighted by Gasteiger charge is -2.39. The minimum absolute atomic E-state index is 0.117. The summed E-state index contributed by atoms with van der Waals surface area (Å²) in [6.45, 7) is 4.03. The number of fused-ring (bicyclic) bond motifs is 1. The van der Waals surface area contributed by atoms with E-state index in [2.05, 4.69) is 15.1 Å². The van der Waals surface area contributed by atoms with E-state index in [9.17, 15) is 14.7 Å². The molecule has 29 heavy (non-hydrogen) atoms. The van der Waals surface area contributed by atoms with Crippen LogP contribution in [0.25, 0.3) is 11.1 Å². The van der Waals surface area contributed by atoms with Crippen LogP contribution in [-0.4, -0.2) is 49.4 Å². The molecule has 0 bridgehead atoms. The van der Waals surface area contributed by atoms with Crippen molar-refractivity contribution < 1.29 is 14.7 Å². The van der Waals surface area contributed by atoms with E-state index in [0.29, 0.717) is 17.9 Å². The normalized spacial score (nSPS) is 15.9. The molecular formula is C20H20N6O3. The van der Waals surface area contributed by atoms with E-state index in [-0.39, 0.29) is 18.5 Å². The van der Waals surface area contributed by atoms with Gasteiger partial charge in [0, 0.05) is 37.6 Å². The number of nitrogens with zero attached hydrogens (tertiary/aromatic N) is 6. The van der Waals surface area contributed by atoms with Gasteiger partial charge in [-0.25, -0.2) is 4.79 Å². The van der Waals surface area contributed by atoms with E-state index >= 15 is 0 Å². The lowest BCUT2D eigenvalue weighted by atomic mass is 10.0. The van der Waals surface area contributed by atoms with Crippen LogP contribution in [0.3, 0.4) is 0 Å². The summed E-state index contributed by atoms with van der Waals surface area (Å²) in [4.78, 5) is 35.1. The van der Waals surface area contributed by atoms with E-state index in [1.165, 1.54) is 11.8 Å². The predicted octanol–water partition coefficient (Wildman–Crippen LogP) is 2.63. The highest BCUT2D eigenvalue weighted by Gasteiger charge is 2.33. The number of amides is 2. The number of rotatable bonds is 3. The van der Waals surface area contributed by atoms with Gasteiger partial charge in [-0.2, -0.15) is 5.10 Å². The molecule has 1 N–H and O–H groups in total. The largest absolute Gasteiger partial charge is 0.465 e. The fraction of sp³-hybridized carbons (Fsp3) is 0.250. The Morgan fingerprint density at radius 3 is 2.69 bits per heavy atom. The fourth-order valence-electron chi connectivity index (χ4n) is 3.64. The molecule has 2 amide bonds. The van der Waals surface area contributed by atoms with Gasteiger partial charge in [0.05, 0.1) is 42.0 Å². The first-order chi connectivity index (χ1) is 13.9. The van der Waals surface area contributed by atoms with Crippen molar-refractivity contribution in [1.82, 2.24) is 19.7 Å². The predicted molar refractivity (Wildman–Crippen MR) is 107 cm³/mol. The Bertz CT molecular complexity index is 1070. The Labute approximate surface area is 167 Å². The number of benzene rings is 1. The van der Waals surface area contributed by atoms with E-state index < -0.39 is 6.09 Å². The molecule has 0 saturated heterocycles. The van der Waals surface area contributed by atoms with Crippen LogP contribution in [0, 0.1) is 0 Å². The van der Waals surface area contributed by atoms with Gasteiger partial charge in [-0.1, -0.05) is 6.07 Å². The molecule has 9 heteroatoms. The molecule has 0 aliphatic carbocycles. The van der Waals surface area contributed by atoms with Crippen molar-refractivity contribution in [2.24, 2.45) is 0 Å². The highest BCUT2D eigenvalue weighted by atomic mass is 16.4. The van der Waals surface area contributed by atoms with Gasteiger partial charge in [0.15, 0.2) is 0 Å². The number of hydrogen-bond acceptors (Lipinski definition) is 5. The third kappa shape index (κ3) is 3.54. The Kier molecular flexibility index (Phi) is 4.71. The average molecular weight is 392 g/mol. The second-order valence-electron chi connectivity index (χ2n) is 6.96. The molecule has 1 aromatic carbocycles. The molecule has 0 unspecified atom stereocenters. The zero-order valence-corrected chi connectivity index (χ0v) is 16.1. The summed E-state index contributed by atoms with van der Waals surface area (Å²) in [6.07, 6.45) is 7.47. The number of carbonyl (C=O) groups excluding carboxylic acids is 1. The van der Waals surface area contributed by atoms with Crippen LogP contribution < -0.4 is 9.80 Å². The minimum atomic E-state index is -1.04. The molecule has 3 aromatic rings. The van der Waals surface area contributed by atoms with Crippen LogP contribution in [0.1, 0.15) is 19.5 Å². The highest BCUT2D eigenvalue weighted by Crippen LogP contribution is 2.38. The third-order valence-electron chi connectivity index (χ3n) is 4.89. The Balaban J connectivity index is 1.69. The second kappa shape index (κ2) is 7.34. The minimum Gasteiger partial charge on any atom is -0.465 e. The molecule has 9 nitrogen and oxygen atoms in total. The summed E-state index contributed by atoms with van der Waals surface area (Å²) in [6, 6.07) is 5.21. The molecule has 148 valence electrons. The zero-order valence-electron chi connectivity index (χ0n) is 16.1. The third-order valence-corrected chi connectivity index (χ3v) is 4.89. The van der Waals surface area contributed by atoms with Crippen molar-refractivity contribution in [1.29, 1.82) is 0 Å². The van der Waals surface area contributed by atoms with Crippen molar-refractivity contribution in [2.75, 3.05) is 16.3 Å². The highest BCUT2D eigenvalue weighted by molar-refractivity contribution is 6.02. The lowest BCUT2D eigenvalue weighted by molar-refractivity contribution is -0.117. The van der Waals surface area contributed by atoms with E-state index in [1.807, 2.05) is 19.2 Å². The van der Waals surface area contributed by atoms with Crippen molar-refractivity contribution in [3.05, 3.63) is 54.9 Å². The monoisotopic (exact) mass is 392 g/mol. The molecule has 0 spiro atoms. The molecule has 4 rings (SSSR count). The average Bonchev–Trinajstić information content (AvgIpc) is 3.15. The Morgan fingerprint density at radius 2 is 2.00 bits per heavy atom. The number of carboxylic acid groups (broad SMARTS) is 1. The molecule has 0 radical (unpaired) electrons. The first-order valence-electron chi connectivity index (χ1n) is 9.16. The number of anilines is 2. The van der Waals surface area contributed by atoms with Gasteiger partial charge in [0.25, 0.3) is 0 Å². The van der Waals surface area contributed by atoms with Crippen LogP contribution in [0.2, 0.25) is 0 Å². The number of aromatic nitrogens is 4. The summed E-state index contributed by atoms with van der Waals surface area (Å²) in [5.74, 6) is -0.117. The first-order valence-corrected chi connectivity index (χ1v) is 9.16. The van der Waals surface area contributed by atoms with Crippen LogP contribution in [0.5, 0.6) is 0 Å². The maximum Gasteiger partial charge on any atom is 0.411 e. The van der Waals surface area contributed by atoms with Crippen molar-refractivity contribution in [2.45, 2.75) is 26.4 Å². The van der Waals surface area contributed by atoms with E-state index in [4.69, 9.17) is 0 Å². The maximum atomic E-state index is 12.1. The fourth-order valence-corrected chi connectivity index (χ4v) is 3.64. The molecule has 0 fully saturated rings. The van der Waals surface area contributed by atoms with Gasteiger partial charge in [-0.15, -0.1) is 0 Å².